The first-order valence-electron chi connectivity index (χ1n) is 20.8. The number of amides is 2. The number of nitrogens with one attached hydrogen (secondary N) is 2. The smallest absolute Gasteiger partial charge is 0.355 e. The van der Waals surface area contributed by atoms with E-state index in [0.717, 1.165) is 38.5 Å². The number of rotatable bonds is 18. The molecule has 2 aliphatic rings. The number of fused-ring (bicyclic) bond motifs is 1. The minimum atomic E-state index is -3.97. The van der Waals surface area contributed by atoms with Gasteiger partial charge >= 0.3 is 13.6 Å². The quantitative estimate of drug-likeness (QED) is 0.0162. The SMILES string of the molecule is COc1ccc(COC(=O)C2=C(CSc3cc[n+](C)cc3)CS[C@@H]3[C@H](NC(=O)/C(=C\P(=O)(OC)OC)c4csc(NC(c5ccccc5)(c5ccccc5)c5ccccc5)n4)C(=O)N23)cc1. The van der Waals surface area contributed by atoms with Crippen LogP contribution in [0, 0.1) is 0 Å². The van der Waals surface area contributed by atoms with Crippen LogP contribution in [0.4, 0.5) is 5.13 Å². The van der Waals surface area contributed by atoms with Gasteiger partial charge in [0, 0.05) is 54.0 Å². The Balaban J connectivity index is 1.08. The van der Waals surface area contributed by atoms with E-state index in [9.17, 15) is 18.9 Å². The number of pyridine rings is 1. The number of methoxy groups -OCH3 is 1. The maximum Gasteiger partial charge on any atom is 0.355 e. The number of esters is 1. The van der Waals surface area contributed by atoms with E-state index in [4.69, 9.17) is 23.5 Å². The molecule has 0 unspecified atom stereocenters. The van der Waals surface area contributed by atoms with Crippen molar-refractivity contribution in [1.82, 2.24) is 15.2 Å². The molecule has 13 nitrogen and oxygen atoms in total. The molecule has 0 aliphatic carbocycles. The molecule has 338 valence electrons. The van der Waals surface area contributed by atoms with Crippen molar-refractivity contribution in [2.24, 2.45) is 7.05 Å². The van der Waals surface area contributed by atoms with E-state index in [2.05, 4.69) is 10.6 Å². The second-order valence-corrected chi connectivity index (χ2v) is 20.3. The number of aryl methyl sites for hydroxylation is 1. The molecule has 8 rings (SSSR count). The molecular formula is C49H47N5O8PS3+. The topological polar surface area (TPSA) is 149 Å². The van der Waals surface area contributed by atoms with Crippen LogP contribution in [0.25, 0.3) is 5.57 Å². The standard InChI is InChI=1S/C49H46N5O8PS3/c1-53-26-24-39(25-27-53)64-30-34-31-65-46-42(45(56)54(46)43(34)47(57)62-28-33-20-22-38(59-2)23-21-33)51-44(55)40(29-63(58,60-3)61-4)41-32-66-48(50-41)52-49(35-14-8-5-9-15-35,36-16-10-6-11-17-36)37-18-12-7-13-19-37/h5-27,29,32,42,46H,28,30-31H2,1-4H3,(H-,50,51,52,55)/p+1/b40-29-/t42-,46-/m1/s1. The van der Waals surface area contributed by atoms with Gasteiger partial charge in [0.1, 0.15) is 42.1 Å². The summed E-state index contributed by atoms with van der Waals surface area (Å²) in [6.45, 7) is -0.0250. The van der Waals surface area contributed by atoms with Gasteiger partial charge in [-0.1, -0.05) is 103 Å². The lowest BCUT2D eigenvalue weighted by Crippen LogP contribution is -2.70. The maximum absolute atomic E-state index is 14.5. The van der Waals surface area contributed by atoms with E-state index in [1.165, 1.54) is 42.2 Å². The molecule has 4 heterocycles. The Morgan fingerprint density at radius 1 is 0.879 bits per heavy atom. The van der Waals surface area contributed by atoms with Crippen molar-refractivity contribution < 1.29 is 42.0 Å². The lowest BCUT2D eigenvalue weighted by molar-refractivity contribution is -0.671. The Bertz CT molecular complexity index is 2690. The predicted octanol–water partition coefficient (Wildman–Crippen LogP) is 8.40. The van der Waals surface area contributed by atoms with Crippen molar-refractivity contribution in [3.63, 3.8) is 0 Å². The van der Waals surface area contributed by atoms with Gasteiger partial charge in [-0.3, -0.25) is 19.1 Å². The molecule has 0 bridgehead atoms. The molecule has 1 saturated heterocycles. The second kappa shape index (κ2) is 20.7. The monoisotopic (exact) mass is 960 g/mol. The Hall–Kier alpha value is -6.00. The van der Waals surface area contributed by atoms with Gasteiger partial charge in [-0.25, -0.2) is 14.3 Å². The molecule has 0 radical (unpaired) electrons. The highest BCUT2D eigenvalue weighted by atomic mass is 32.2. The molecule has 2 amide bonds. The molecule has 2 atom stereocenters. The third kappa shape index (κ3) is 9.90. The number of carbonyl (C=O) groups is 3. The first-order valence-corrected chi connectivity index (χ1v) is 25.3. The molecule has 66 heavy (non-hydrogen) atoms. The molecule has 6 aromatic rings. The number of thiazole rings is 1. The van der Waals surface area contributed by atoms with E-state index >= 15 is 0 Å². The molecule has 2 N–H and O–H groups in total. The Morgan fingerprint density at radius 2 is 1.47 bits per heavy atom. The van der Waals surface area contributed by atoms with Crippen LogP contribution in [0.5, 0.6) is 5.75 Å². The van der Waals surface area contributed by atoms with Gasteiger partial charge in [-0.15, -0.1) is 34.9 Å². The van der Waals surface area contributed by atoms with E-state index < -0.39 is 42.3 Å². The number of ether oxygens (including phenoxy) is 2. The summed E-state index contributed by atoms with van der Waals surface area (Å²) in [6, 6.07) is 40.1. The number of hydrogen-bond acceptors (Lipinski definition) is 13. The van der Waals surface area contributed by atoms with Gasteiger partial charge < -0.3 is 29.2 Å². The highest BCUT2D eigenvalue weighted by Gasteiger charge is 2.54. The van der Waals surface area contributed by atoms with Gasteiger partial charge in [0.05, 0.1) is 18.4 Å². The summed E-state index contributed by atoms with van der Waals surface area (Å²) >= 11 is 4.23. The average molecular weight is 961 g/mol. The maximum atomic E-state index is 14.5. The molecule has 17 heteroatoms. The third-order valence-corrected chi connectivity index (χ3v) is 15.9. The van der Waals surface area contributed by atoms with Crippen molar-refractivity contribution in [2.75, 3.05) is 38.2 Å². The third-order valence-electron chi connectivity index (χ3n) is 11.2. The summed E-state index contributed by atoms with van der Waals surface area (Å²) in [7, 11) is 1.98. The summed E-state index contributed by atoms with van der Waals surface area (Å²) in [5.74, 6) is 0.748. The number of aromatic nitrogens is 2. The first-order chi connectivity index (χ1) is 32.1. The minimum absolute atomic E-state index is 0.0250. The number of carbonyl (C=O) groups excluding carboxylic acids is 3. The van der Waals surface area contributed by atoms with Crippen LogP contribution in [0.15, 0.2) is 167 Å². The second-order valence-electron chi connectivity index (χ2n) is 15.2. The van der Waals surface area contributed by atoms with E-state index in [1.807, 2.05) is 127 Å². The number of anilines is 1. The summed E-state index contributed by atoms with van der Waals surface area (Å²) < 4.78 is 37.3. The van der Waals surface area contributed by atoms with Crippen LogP contribution < -0.4 is 19.9 Å². The van der Waals surface area contributed by atoms with Gasteiger partial charge in [0.15, 0.2) is 17.5 Å². The fraction of sp³-hybridized carbons (Fsp3) is 0.204. The number of nitrogens with zero attached hydrogens (tertiary/aromatic N) is 3. The van der Waals surface area contributed by atoms with E-state index in [-0.39, 0.29) is 23.6 Å². The predicted molar refractivity (Wildman–Crippen MR) is 258 cm³/mol. The Kier molecular flexibility index (Phi) is 14.6. The molecular weight excluding hydrogens is 914 g/mol. The zero-order chi connectivity index (χ0) is 46.3. The van der Waals surface area contributed by atoms with Crippen LogP contribution in [0.1, 0.15) is 27.9 Å². The number of benzene rings is 4. The lowest BCUT2D eigenvalue weighted by atomic mass is 9.77. The average Bonchev–Trinajstić information content (AvgIpc) is 3.84. The summed E-state index contributed by atoms with van der Waals surface area (Å²) in [5, 5.41) is 8.09. The molecule has 2 aromatic heterocycles. The first kappa shape index (κ1) is 46.5. The van der Waals surface area contributed by atoms with Crippen molar-refractivity contribution >= 4 is 70.9 Å². The van der Waals surface area contributed by atoms with Gasteiger partial charge in [0.25, 0.3) is 11.8 Å². The van der Waals surface area contributed by atoms with Gasteiger partial charge in [-0.2, -0.15) is 0 Å². The summed E-state index contributed by atoms with van der Waals surface area (Å²) in [4.78, 5) is 50.1. The normalized spacial score (nSPS) is 16.3. The number of β-lactam (4-membered cyclic amide) rings is 1. The van der Waals surface area contributed by atoms with Crippen LogP contribution in [-0.4, -0.2) is 71.9 Å². The van der Waals surface area contributed by atoms with Gasteiger partial charge in [0.2, 0.25) is 0 Å². The lowest BCUT2D eigenvalue weighted by Gasteiger charge is -2.49. The minimum Gasteiger partial charge on any atom is -0.497 e. The molecule has 4 aromatic carbocycles. The Morgan fingerprint density at radius 3 is 2.03 bits per heavy atom. The van der Waals surface area contributed by atoms with Crippen LogP contribution in [-0.2, 0) is 51.9 Å². The zero-order valence-electron chi connectivity index (χ0n) is 36.5. The van der Waals surface area contributed by atoms with Gasteiger partial charge in [-0.05, 0) is 40.0 Å². The molecule has 0 spiro atoms. The number of thioether (sulfide) groups is 2. The molecule has 0 saturated carbocycles. The van der Waals surface area contributed by atoms with Crippen molar-refractivity contribution in [3.8, 4) is 5.75 Å². The van der Waals surface area contributed by atoms with Crippen molar-refractivity contribution in [2.45, 2.75) is 28.5 Å². The largest absolute Gasteiger partial charge is 0.497 e. The van der Waals surface area contributed by atoms with Crippen molar-refractivity contribution in [3.05, 3.63) is 190 Å². The van der Waals surface area contributed by atoms with E-state index in [0.29, 0.717) is 22.4 Å². The van der Waals surface area contributed by atoms with Crippen LogP contribution >= 0.6 is 42.5 Å². The highest BCUT2D eigenvalue weighted by Crippen LogP contribution is 2.51. The summed E-state index contributed by atoms with van der Waals surface area (Å²) in [5.41, 5.74) is 3.61. The van der Waals surface area contributed by atoms with Crippen LogP contribution in [0.2, 0.25) is 0 Å². The zero-order valence-corrected chi connectivity index (χ0v) is 39.8. The summed E-state index contributed by atoms with van der Waals surface area (Å²) in [6.07, 6.45) is 3.88. The van der Waals surface area contributed by atoms with Crippen molar-refractivity contribution in [1.29, 1.82) is 0 Å². The molecule has 1 fully saturated rings. The van der Waals surface area contributed by atoms with Crippen LogP contribution in [0.3, 0.4) is 0 Å². The Labute approximate surface area is 395 Å². The van der Waals surface area contributed by atoms with E-state index in [1.54, 1.807) is 48.5 Å². The fourth-order valence-corrected chi connectivity index (χ4v) is 11.7. The fourth-order valence-electron chi connectivity index (χ4n) is 7.67. The highest BCUT2D eigenvalue weighted by molar-refractivity contribution is 8.01. The number of hydrogen-bond donors (Lipinski definition) is 2. The molecule has 2 aliphatic heterocycles.